The average Bonchev–Trinajstić information content (AvgIpc) is 3.56. The van der Waals surface area contributed by atoms with Gasteiger partial charge in [0.15, 0.2) is 0 Å². The van der Waals surface area contributed by atoms with E-state index in [0.29, 0.717) is 0 Å². The van der Waals surface area contributed by atoms with Crippen LogP contribution in [0.25, 0.3) is 139 Å². The Kier molecular flexibility index (Phi) is 12.3. The number of hydrogen-bond acceptors (Lipinski definition) is 0. The monoisotopic (exact) mass is 1000 g/mol. The van der Waals surface area contributed by atoms with E-state index in [4.69, 9.17) is 0 Å². The van der Waals surface area contributed by atoms with Crippen molar-refractivity contribution in [3.05, 3.63) is 322 Å². The highest BCUT2D eigenvalue weighted by Gasteiger charge is 2.24. The number of aromatic nitrogens is 1. The predicted molar refractivity (Wildman–Crippen MR) is 335 cm³/mol. The second-order valence-electron chi connectivity index (χ2n) is 20.5. The highest BCUT2D eigenvalue weighted by atomic mass is 15.0. The van der Waals surface area contributed by atoms with E-state index in [1.807, 2.05) is 0 Å². The van der Waals surface area contributed by atoms with Crippen molar-refractivity contribution in [3.63, 3.8) is 0 Å². The third kappa shape index (κ3) is 9.24. The second kappa shape index (κ2) is 20.7. The first-order chi connectivity index (χ1) is 39.1. The molecule has 13 aromatic carbocycles. The zero-order chi connectivity index (χ0) is 52.5. The first kappa shape index (κ1) is 47.1. The molecule has 0 radical (unpaired) electrons. The zero-order valence-electron chi connectivity index (χ0n) is 43.5. The van der Waals surface area contributed by atoms with Crippen LogP contribution < -0.4 is 0 Å². The zero-order valence-corrected chi connectivity index (χ0v) is 43.5. The number of rotatable bonds is 11. The molecule has 0 N–H and O–H groups in total. The van der Waals surface area contributed by atoms with Crippen molar-refractivity contribution in [1.82, 2.24) is 4.57 Å². The molecule has 0 saturated carbocycles. The molecular weight excluding hydrogens is 951 g/mol. The molecule has 79 heavy (non-hydrogen) atoms. The molecule has 0 spiro atoms. The van der Waals surface area contributed by atoms with Crippen molar-refractivity contribution >= 4 is 21.8 Å². The van der Waals surface area contributed by atoms with Crippen LogP contribution in [-0.2, 0) is 0 Å². The third-order valence-electron chi connectivity index (χ3n) is 15.5. The fraction of sp³-hybridized carbons (Fsp3) is 0. The predicted octanol–water partition coefficient (Wildman–Crippen LogP) is 21.5. The summed E-state index contributed by atoms with van der Waals surface area (Å²) in [6.07, 6.45) is 0. The molecule has 370 valence electrons. The van der Waals surface area contributed by atoms with Crippen LogP contribution in [0, 0.1) is 0 Å². The minimum atomic E-state index is 1.10. The number of para-hydroxylation sites is 1. The Bertz CT molecular complexity index is 4080. The van der Waals surface area contributed by atoms with Gasteiger partial charge in [0.05, 0.1) is 11.0 Å². The largest absolute Gasteiger partial charge is 0.308 e. The summed E-state index contributed by atoms with van der Waals surface area (Å²) < 4.78 is 2.55. The first-order valence-electron chi connectivity index (χ1n) is 27.2. The summed E-state index contributed by atoms with van der Waals surface area (Å²) >= 11 is 0. The lowest BCUT2D eigenvalue weighted by Crippen LogP contribution is -1.98. The Hall–Kier alpha value is -10.3. The van der Waals surface area contributed by atoms with E-state index >= 15 is 0 Å². The quantitative estimate of drug-likeness (QED) is 0.122. The highest BCUT2D eigenvalue weighted by Crippen LogP contribution is 2.47. The lowest BCUT2D eigenvalue weighted by atomic mass is 9.90. The minimum absolute atomic E-state index is 1.10. The van der Waals surface area contributed by atoms with Crippen molar-refractivity contribution in [2.24, 2.45) is 0 Å². The van der Waals surface area contributed by atoms with Crippen molar-refractivity contribution in [3.8, 4) is 117 Å². The Balaban J connectivity index is 1.04. The normalized spacial score (nSPS) is 11.3. The molecule has 0 fully saturated rings. The molecule has 1 heteroatoms. The summed E-state index contributed by atoms with van der Waals surface area (Å²) in [6, 6.07) is 118. The average molecular weight is 1000 g/mol. The minimum Gasteiger partial charge on any atom is -0.308 e. The number of nitrogens with zero attached hydrogens (tertiary/aromatic N) is 1. The molecule has 0 saturated heterocycles. The fourth-order valence-corrected chi connectivity index (χ4v) is 11.7. The third-order valence-corrected chi connectivity index (χ3v) is 15.5. The molecule has 0 amide bonds. The van der Waals surface area contributed by atoms with Gasteiger partial charge in [-0.25, -0.2) is 0 Å². The summed E-state index contributed by atoms with van der Waals surface area (Å²) in [5.41, 5.74) is 26.9. The first-order valence-corrected chi connectivity index (χ1v) is 27.2. The van der Waals surface area contributed by atoms with Gasteiger partial charge in [-0.05, 0) is 185 Å². The number of benzene rings is 13. The van der Waals surface area contributed by atoms with Gasteiger partial charge in [0, 0.05) is 27.6 Å². The maximum absolute atomic E-state index is 2.55. The molecule has 14 rings (SSSR count). The van der Waals surface area contributed by atoms with Crippen LogP contribution in [0.15, 0.2) is 322 Å². The van der Waals surface area contributed by atoms with Crippen LogP contribution in [0.4, 0.5) is 0 Å². The maximum atomic E-state index is 2.55. The Morgan fingerprint density at radius 1 is 0.152 bits per heavy atom. The molecule has 0 bridgehead atoms. The van der Waals surface area contributed by atoms with Crippen LogP contribution in [0.1, 0.15) is 0 Å². The Morgan fingerprint density at radius 3 is 0.658 bits per heavy atom. The molecule has 0 aliphatic rings. The molecule has 1 nitrogen and oxygen atoms in total. The van der Waals surface area contributed by atoms with Gasteiger partial charge < -0.3 is 4.57 Å². The molecular formula is C78H53N. The summed E-state index contributed by atoms with van der Waals surface area (Å²) in [6.45, 7) is 0. The second-order valence-corrected chi connectivity index (χ2v) is 20.5. The molecule has 0 atom stereocenters. The molecule has 1 aromatic heterocycles. The summed E-state index contributed by atoms with van der Waals surface area (Å²) in [5, 5.41) is 2.38. The van der Waals surface area contributed by atoms with E-state index in [2.05, 4.69) is 326 Å². The van der Waals surface area contributed by atoms with Crippen LogP contribution in [0.3, 0.4) is 0 Å². The van der Waals surface area contributed by atoms with Crippen LogP contribution in [0.2, 0.25) is 0 Å². The highest BCUT2D eigenvalue weighted by molar-refractivity contribution is 6.19. The van der Waals surface area contributed by atoms with Gasteiger partial charge in [-0.1, -0.05) is 237 Å². The molecule has 1 heterocycles. The number of fused-ring (bicyclic) bond motifs is 3. The van der Waals surface area contributed by atoms with Gasteiger partial charge in [-0.3, -0.25) is 0 Å². The topological polar surface area (TPSA) is 4.93 Å². The SMILES string of the molecule is c1ccc(-c2cc(-c3ccccc3)cc(-c3cccc(-c4cc(-c5ccccc5)cc5c6cc(-c7ccccc7)cc(-c7cccc(-c8cc(-c9ccccc9)cc(-c9ccccc9)c8)c7)c6n(-c6ccccc6)c45)c3)c2)cc1. The summed E-state index contributed by atoms with van der Waals surface area (Å²) in [5.74, 6) is 0. The van der Waals surface area contributed by atoms with Gasteiger partial charge in [-0.15, -0.1) is 0 Å². The Labute approximate surface area is 462 Å². The van der Waals surface area contributed by atoms with E-state index < -0.39 is 0 Å². The van der Waals surface area contributed by atoms with Gasteiger partial charge in [0.2, 0.25) is 0 Å². The van der Waals surface area contributed by atoms with Crippen LogP contribution in [0.5, 0.6) is 0 Å². The lowest BCUT2D eigenvalue weighted by molar-refractivity contribution is 1.18. The molecule has 14 aromatic rings. The van der Waals surface area contributed by atoms with Gasteiger partial charge >= 0.3 is 0 Å². The van der Waals surface area contributed by atoms with Gasteiger partial charge in [0.1, 0.15) is 0 Å². The van der Waals surface area contributed by atoms with Crippen molar-refractivity contribution in [1.29, 1.82) is 0 Å². The van der Waals surface area contributed by atoms with E-state index in [-0.39, 0.29) is 0 Å². The smallest absolute Gasteiger partial charge is 0.0620 e. The van der Waals surface area contributed by atoms with Crippen molar-refractivity contribution in [2.45, 2.75) is 0 Å². The van der Waals surface area contributed by atoms with Crippen molar-refractivity contribution in [2.75, 3.05) is 0 Å². The summed E-state index contributed by atoms with van der Waals surface area (Å²) in [4.78, 5) is 0. The fourth-order valence-electron chi connectivity index (χ4n) is 11.7. The number of hydrogen-bond donors (Lipinski definition) is 0. The molecule has 0 unspecified atom stereocenters. The Morgan fingerprint density at radius 2 is 0.367 bits per heavy atom. The van der Waals surface area contributed by atoms with Crippen molar-refractivity contribution < 1.29 is 0 Å². The van der Waals surface area contributed by atoms with E-state index in [9.17, 15) is 0 Å². The standard InChI is InChI=1S/C78H53N/c1-8-24-54(25-9-1)64-44-65(55-26-10-2-11-27-55)47-68(46-64)60-36-22-38-62(42-60)73-50-70(58-32-16-5-17-33-58)52-75-76-53-71(59-34-18-6-19-35-59)51-74(78(76)79(77(73)75)72-40-20-7-21-41-72)63-39-23-37-61(43-63)69-48-66(56-28-12-3-13-29-56)45-67(49-69)57-30-14-4-15-31-57/h1-53H. The summed E-state index contributed by atoms with van der Waals surface area (Å²) in [7, 11) is 0. The van der Waals surface area contributed by atoms with Crippen LogP contribution >= 0.6 is 0 Å². The molecule has 0 aliphatic heterocycles. The maximum Gasteiger partial charge on any atom is 0.0620 e. The lowest BCUT2D eigenvalue weighted by Gasteiger charge is -2.17. The van der Waals surface area contributed by atoms with E-state index in [0.717, 1.165) is 50.1 Å². The van der Waals surface area contributed by atoms with Crippen LogP contribution in [-0.4, -0.2) is 4.57 Å². The van der Waals surface area contributed by atoms with Gasteiger partial charge in [0.25, 0.3) is 0 Å². The van der Waals surface area contributed by atoms with E-state index in [1.165, 1.54) is 88.7 Å². The van der Waals surface area contributed by atoms with Gasteiger partial charge in [-0.2, -0.15) is 0 Å². The van der Waals surface area contributed by atoms with E-state index in [1.54, 1.807) is 0 Å². The molecule has 0 aliphatic carbocycles.